The molecule has 4 N–H and O–H groups in total. The second kappa shape index (κ2) is 21.0. The van der Waals surface area contributed by atoms with Crippen LogP contribution in [0.4, 0.5) is 4.79 Å². The molecule has 0 saturated carbocycles. The number of carbonyl (C=O) groups excluding carboxylic acids is 5. The summed E-state index contributed by atoms with van der Waals surface area (Å²) in [5.74, 6) is -4.43. The van der Waals surface area contributed by atoms with Gasteiger partial charge in [0.25, 0.3) is 0 Å². The number of alkyl carbamates (subject to hydrolysis) is 1. The molecule has 0 aromatic rings. The van der Waals surface area contributed by atoms with Gasteiger partial charge in [0, 0.05) is 24.2 Å². The molecule has 0 aromatic heterocycles. The third-order valence-electron chi connectivity index (χ3n) is 9.57. The van der Waals surface area contributed by atoms with Crippen LogP contribution in [-0.4, -0.2) is 132 Å². The number of aldehydes is 1. The summed E-state index contributed by atoms with van der Waals surface area (Å²) >= 11 is 0. The number of aliphatic hydroxyl groups is 3. The molecule has 2 aliphatic heterocycles. The number of carbonyl (C=O) groups is 5. The zero-order valence-corrected chi connectivity index (χ0v) is 32.9. The number of amides is 1. The van der Waals surface area contributed by atoms with E-state index in [0.717, 1.165) is 0 Å². The number of nitrogens with one attached hydrogen (secondary N) is 1. The van der Waals surface area contributed by atoms with E-state index in [1.165, 1.54) is 6.08 Å². The average molecular weight is 755 g/mol. The maximum Gasteiger partial charge on any atom is 0.408 e. The highest BCUT2D eigenvalue weighted by Crippen LogP contribution is 2.34. The van der Waals surface area contributed by atoms with Crippen LogP contribution in [0.3, 0.4) is 0 Å². The molecule has 2 rings (SSSR count). The second-order valence-electron chi connectivity index (χ2n) is 15.5. The fourth-order valence-corrected chi connectivity index (χ4v) is 6.61. The molecule has 0 unspecified atom stereocenters. The van der Waals surface area contributed by atoms with Crippen LogP contribution in [-0.2, 0) is 42.9 Å². The van der Waals surface area contributed by atoms with Crippen molar-refractivity contribution < 1.29 is 63.0 Å². The number of likely N-dealkylation sites (N-methyl/N-ethyl adjacent to an activating group) is 1. The van der Waals surface area contributed by atoms with E-state index in [1.807, 2.05) is 0 Å². The second-order valence-corrected chi connectivity index (χ2v) is 15.5. The van der Waals surface area contributed by atoms with E-state index in [2.05, 4.69) is 5.32 Å². The summed E-state index contributed by atoms with van der Waals surface area (Å²) in [6.07, 6.45) is -2.86. The molecule has 0 spiro atoms. The molecule has 53 heavy (non-hydrogen) atoms. The van der Waals surface area contributed by atoms with Crippen LogP contribution < -0.4 is 5.32 Å². The van der Waals surface area contributed by atoms with E-state index in [0.29, 0.717) is 18.3 Å². The number of nitrogens with zero attached hydrogens (tertiary/aromatic N) is 1. The van der Waals surface area contributed by atoms with Crippen molar-refractivity contribution in [3.05, 3.63) is 23.8 Å². The Morgan fingerprint density at radius 1 is 1.08 bits per heavy atom. The summed E-state index contributed by atoms with van der Waals surface area (Å²) in [6, 6.07) is -0.754. The van der Waals surface area contributed by atoms with Crippen LogP contribution in [0.15, 0.2) is 23.8 Å². The predicted molar refractivity (Wildman–Crippen MR) is 193 cm³/mol. The zero-order chi connectivity index (χ0) is 40.2. The highest BCUT2D eigenvalue weighted by Gasteiger charge is 2.47. The molecule has 302 valence electrons. The predicted octanol–water partition coefficient (Wildman–Crippen LogP) is 2.48. The molecule has 0 aliphatic carbocycles. The Balaban J connectivity index is 2.42. The van der Waals surface area contributed by atoms with Gasteiger partial charge in [-0.3, -0.25) is 14.4 Å². The van der Waals surface area contributed by atoms with Crippen molar-refractivity contribution in [3.63, 3.8) is 0 Å². The van der Waals surface area contributed by atoms with Gasteiger partial charge in [0.15, 0.2) is 12.1 Å². The molecule has 2 aliphatic rings. The lowest BCUT2D eigenvalue weighted by atomic mass is 9.79. The van der Waals surface area contributed by atoms with E-state index < -0.39 is 109 Å². The number of aliphatic hydroxyl groups excluding tert-OH is 3. The van der Waals surface area contributed by atoms with E-state index in [9.17, 15) is 39.3 Å². The minimum absolute atomic E-state index is 0.0455. The van der Waals surface area contributed by atoms with E-state index in [-0.39, 0.29) is 25.2 Å². The number of hydrogen-bond acceptors (Lipinski definition) is 14. The van der Waals surface area contributed by atoms with Crippen LogP contribution in [0.2, 0.25) is 0 Å². The number of ketones is 1. The quantitative estimate of drug-likeness (QED) is 0.144. The first-order valence-corrected chi connectivity index (χ1v) is 18.4. The third kappa shape index (κ3) is 14.5. The molecule has 1 amide bonds. The van der Waals surface area contributed by atoms with Gasteiger partial charge in [0.2, 0.25) is 0 Å². The molecule has 15 heteroatoms. The minimum Gasteiger partial charge on any atom is -0.464 e. The molecule has 2 heterocycles. The fraction of sp³-hybridized carbons (Fsp3) is 0.763. The van der Waals surface area contributed by atoms with Gasteiger partial charge in [0.05, 0.1) is 36.9 Å². The Bertz CT molecular complexity index is 1290. The van der Waals surface area contributed by atoms with Crippen molar-refractivity contribution >= 4 is 30.1 Å². The number of hydrogen-bond donors (Lipinski definition) is 4. The van der Waals surface area contributed by atoms with Crippen molar-refractivity contribution in [2.75, 3.05) is 27.2 Å². The third-order valence-corrected chi connectivity index (χ3v) is 9.57. The van der Waals surface area contributed by atoms with Gasteiger partial charge in [-0.1, -0.05) is 38.5 Å². The molecule has 1 saturated heterocycles. The molecular formula is C38H62N2O13. The summed E-state index contributed by atoms with van der Waals surface area (Å²) in [5.41, 5.74) is -0.137. The summed E-state index contributed by atoms with van der Waals surface area (Å²) in [5, 5.41) is 35.8. The van der Waals surface area contributed by atoms with Crippen molar-refractivity contribution in [2.24, 2.45) is 23.7 Å². The van der Waals surface area contributed by atoms with Crippen LogP contribution in [0, 0.1) is 23.7 Å². The molecular weight excluding hydrogens is 692 g/mol. The monoisotopic (exact) mass is 754 g/mol. The molecule has 12 atom stereocenters. The molecule has 15 nitrogen and oxygen atoms in total. The van der Waals surface area contributed by atoms with Crippen LogP contribution >= 0.6 is 0 Å². The lowest BCUT2D eigenvalue weighted by Crippen LogP contribution is -2.63. The Hall–Kier alpha value is -3.21. The van der Waals surface area contributed by atoms with E-state index >= 15 is 0 Å². The first-order valence-electron chi connectivity index (χ1n) is 18.4. The van der Waals surface area contributed by atoms with Crippen molar-refractivity contribution in [3.8, 4) is 0 Å². The smallest absolute Gasteiger partial charge is 0.408 e. The van der Waals surface area contributed by atoms with Gasteiger partial charge in [0.1, 0.15) is 37.2 Å². The first kappa shape index (κ1) is 45.9. The topological polar surface area (TPSA) is 207 Å². The van der Waals surface area contributed by atoms with Gasteiger partial charge < -0.3 is 54.0 Å². The van der Waals surface area contributed by atoms with Crippen LogP contribution in [0.25, 0.3) is 0 Å². The number of rotatable bonds is 10. The van der Waals surface area contributed by atoms with Gasteiger partial charge >= 0.3 is 18.0 Å². The standard InChI is InChI=1S/C38H62N2O13/c1-11-29-26(20-49-31(45)19-39-37(48)53-38(6,7)8)16-21(2)12-13-27(42)22(3)17-25(14-15-41)35(23(4)28(43)18-30(44)51-29)52-36-34(47)32(40(9)10)33(46)24(5)50-36/h12-13,15-16,22-26,28-29,32-36,43,46-47H,11,14,17-20H2,1-10H3,(H,39,48)/b13-12+,21-16+/t22-,23+,24-,25+,26-,28-,29-,32+,33-,34-,35-,36+/m1/s1. The van der Waals surface area contributed by atoms with Crippen molar-refractivity contribution in [1.82, 2.24) is 10.2 Å². The van der Waals surface area contributed by atoms with Gasteiger partial charge in [-0.05, 0) is 73.5 Å². The largest absolute Gasteiger partial charge is 0.464 e. The summed E-state index contributed by atoms with van der Waals surface area (Å²) in [7, 11) is 3.40. The van der Waals surface area contributed by atoms with Crippen LogP contribution in [0.5, 0.6) is 0 Å². The van der Waals surface area contributed by atoms with Crippen molar-refractivity contribution in [2.45, 2.75) is 136 Å². The number of cyclic esters (lactones) is 1. The van der Waals surface area contributed by atoms with E-state index in [1.54, 1.807) is 86.5 Å². The Labute approximate surface area is 313 Å². The van der Waals surface area contributed by atoms with E-state index in [4.69, 9.17) is 23.7 Å². The number of allylic oxidation sites excluding steroid dienone is 3. The maximum absolute atomic E-state index is 13.4. The Morgan fingerprint density at radius 3 is 2.32 bits per heavy atom. The van der Waals surface area contributed by atoms with Gasteiger partial charge in [-0.2, -0.15) is 0 Å². The molecule has 0 bridgehead atoms. The molecule has 1 fully saturated rings. The lowest BCUT2D eigenvalue weighted by Gasteiger charge is -2.46. The van der Waals surface area contributed by atoms with Crippen LogP contribution in [0.1, 0.15) is 81.1 Å². The molecule has 0 radical (unpaired) electrons. The summed E-state index contributed by atoms with van der Waals surface area (Å²) < 4.78 is 28.7. The number of ether oxygens (including phenoxy) is 5. The fourth-order valence-electron chi connectivity index (χ4n) is 6.61. The normalized spacial score (nSPS) is 35.4. The average Bonchev–Trinajstić information content (AvgIpc) is 3.06. The van der Waals surface area contributed by atoms with Gasteiger partial charge in [-0.15, -0.1) is 0 Å². The highest BCUT2D eigenvalue weighted by atomic mass is 16.7. The lowest BCUT2D eigenvalue weighted by molar-refractivity contribution is -0.304. The zero-order valence-electron chi connectivity index (χ0n) is 32.9. The van der Waals surface area contributed by atoms with Gasteiger partial charge in [-0.25, -0.2) is 4.79 Å². The molecule has 0 aromatic carbocycles. The SMILES string of the molecule is CC[C@H]1OC(=O)C[C@@H](O)[C@H](C)[C@@H](O[C@@H]2O[C@H](C)[C@@H](O)[C@H](N(C)C)[C@H]2O)[C@@H](CC=O)C[C@@H](C)C(=O)/C=C/C(C)=C/[C@@H]1COC(=O)CNC(=O)OC(C)(C)C. The first-order chi connectivity index (χ1) is 24.7. The Morgan fingerprint density at radius 2 is 1.74 bits per heavy atom. The minimum atomic E-state index is -1.35. The highest BCUT2D eigenvalue weighted by molar-refractivity contribution is 5.91. The summed E-state index contributed by atoms with van der Waals surface area (Å²) in [4.78, 5) is 65.0. The Kier molecular flexibility index (Phi) is 18.2. The summed E-state index contributed by atoms with van der Waals surface area (Å²) in [6.45, 7) is 12.9. The number of esters is 2. The van der Waals surface area contributed by atoms with Crippen molar-refractivity contribution in [1.29, 1.82) is 0 Å². The maximum atomic E-state index is 13.4.